The van der Waals surface area contributed by atoms with Crippen molar-refractivity contribution in [1.29, 1.82) is 0 Å². The van der Waals surface area contributed by atoms with Crippen molar-refractivity contribution in [3.63, 3.8) is 0 Å². The van der Waals surface area contributed by atoms with Crippen molar-refractivity contribution in [2.75, 3.05) is 11.9 Å². The van der Waals surface area contributed by atoms with Crippen molar-refractivity contribution < 1.29 is 17.6 Å². The molecule has 0 radical (unpaired) electrons. The molecule has 4 aromatic rings. The molecule has 4 rings (SSSR count). The molecule has 0 bridgehead atoms. The lowest BCUT2D eigenvalue weighted by Crippen LogP contribution is -2.34. The fraction of sp³-hybridized carbons (Fsp3) is 0.217. The van der Waals surface area contributed by atoms with Gasteiger partial charge >= 0.3 is 6.18 Å². The molecule has 32 heavy (non-hydrogen) atoms. The van der Waals surface area contributed by atoms with Crippen LogP contribution in [0.3, 0.4) is 0 Å². The quantitative estimate of drug-likeness (QED) is 0.271. The summed E-state index contributed by atoms with van der Waals surface area (Å²) in [6.45, 7) is 2.29. The van der Waals surface area contributed by atoms with E-state index in [1.165, 1.54) is 35.7 Å². The van der Waals surface area contributed by atoms with Gasteiger partial charge in [-0.15, -0.1) is 0 Å². The normalized spacial score (nSPS) is 13.8. The lowest BCUT2D eigenvalue weighted by Gasteiger charge is -2.21. The SMILES string of the molecule is CC(c1ccc(C(F)(F)F)cc1)C(N)CNc1ncc(-c2ccc3cnc(F)cc3c2)s1. The highest BCUT2D eigenvalue weighted by Gasteiger charge is 2.30. The third-order valence-corrected chi connectivity index (χ3v) is 6.38. The second-order valence-corrected chi connectivity index (χ2v) is 8.58. The van der Waals surface area contributed by atoms with E-state index >= 15 is 0 Å². The number of alkyl halides is 3. The van der Waals surface area contributed by atoms with E-state index in [2.05, 4.69) is 15.3 Å². The Morgan fingerprint density at radius 1 is 1.00 bits per heavy atom. The average Bonchev–Trinajstić information content (AvgIpc) is 3.25. The first-order valence-electron chi connectivity index (χ1n) is 9.89. The van der Waals surface area contributed by atoms with Gasteiger partial charge in [0, 0.05) is 36.4 Å². The summed E-state index contributed by atoms with van der Waals surface area (Å²) in [5.74, 6) is -0.675. The van der Waals surface area contributed by atoms with Gasteiger partial charge in [-0.1, -0.05) is 42.5 Å². The third-order valence-electron chi connectivity index (χ3n) is 5.37. The molecule has 9 heteroatoms. The highest BCUT2D eigenvalue weighted by atomic mass is 32.1. The van der Waals surface area contributed by atoms with E-state index in [-0.39, 0.29) is 12.0 Å². The lowest BCUT2D eigenvalue weighted by atomic mass is 9.93. The molecule has 3 N–H and O–H groups in total. The van der Waals surface area contributed by atoms with Crippen LogP contribution in [0, 0.1) is 5.95 Å². The fourth-order valence-electron chi connectivity index (χ4n) is 3.36. The Morgan fingerprint density at radius 2 is 1.75 bits per heavy atom. The number of hydrogen-bond donors (Lipinski definition) is 2. The van der Waals surface area contributed by atoms with Crippen LogP contribution in [0.15, 0.2) is 60.9 Å². The number of halogens is 4. The van der Waals surface area contributed by atoms with Crippen LogP contribution in [0.25, 0.3) is 21.2 Å². The van der Waals surface area contributed by atoms with Gasteiger partial charge in [0.1, 0.15) is 0 Å². The minimum absolute atomic E-state index is 0.145. The number of nitrogens with two attached hydrogens (primary N) is 1. The van der Waals surface area contributed by atoms with Crippen molar-refractivity contribution in [3.8, 4) is 10.4 Å². The number of fused-ring (bicyclic) bond motifs is 1. The lowest BCUT2D eigenvalue weighted by molar-refractivity contribution is -0.137. The van der Waals surface area contributed by atoms with Crippen LogP contribution in [0.5, 0.6) is 0 Å². The van der Waals surface area contributed by atoms with Gasteiger partial charge in [0.15, 0.2) is 5.13 Å². The third kappa shape index (κ3) is 4.89. The van der Waals surface area contributed by atoms with E-state index in [4.69, 9.17) is 5.73 Å². The predicted octanol–water partition coefficient (Wildman–Crippen LogP) is 6.06. The van der Waals surface area contributed by atoms with Gasteiger partial charge < -0.3 is 11.1 Å². The summed E-state index contributed by atoms with van der Waals surface area (Å²) < 4.78 is 51.7. The average molecular weight is 461 g/mol. The van der Waals surface area contributed by atoms with Crippen molar-refractivity contribution in [2.24, 2.45) is 5.73 Å². The van der Waals surface area contributed by atoms with Crippen LogP contribution in [-0.4, -0.2) is 22.6 Å². The Hall–Kier alpha value is -3.04. The maximum Gasteiger partial charge on any atom is 0.416 e. The monoisotopic (exact) mass is 460 g/mol. The van der Waals surface area contributed by atoms with E-state index in [1.807, 2.05) is 25.1 Å². The minimum Gasteiger partial charge on any atom is -0.360 e. The van der Waals surface area contributed by atoms with Gasteiger partial charge in [0.2, 0.25) is 5.95 Å². The van der Waals surface area contributed by atoms with Crippen LogP contribution >= 0.6 is 11.3 Å². The fourth-order valence-corrected chi connectivity index (χ4v) is 4.18. The Bertz CT molecular complexity index is 1220. The first-order chi connectivity index (χ1) is 15.2. The zero-order chi connectivity index (χ0) is 22.9. The van der Waals surface area contributed by atoms with Gasteiger partial charge in [-0.2, -0.15) is 17.6 Å². The van der Waals surface area contributed by atoms with E-state index in [9.17, 15) is 17.6 Å². The Kier molecular flexibility index (Phi) is 6.12. The highest BCUT2D eigenvalue weighted by molar-refractivity contribution is 7.18. The number of rotatable bonds is 6. The molecule has 0 fully saturated rings. The molecule has 166 valence electrons. The summed E-state index contributed by atoms with van der Waals surface area (Å²) in [5.41, 5.74) is 7.24. The molecule has 0 saturated carbocycles. The molecular weight excluding hydrogens is 440 g/mol. The van der Waals surface area contributed by atoms with Gasteiger partial charge in [-0.3, -0.25) is 0 Å². The molecule has 2 heterocycles. The van der Waals surface area contributed by atoms with Crippen LogP contribution in [0.1, 0.15) is 24.0 Å². The molecule has 0 aliphatic rings. The minimum atomic E-state index is -4.36. The number of thiazole rings is 1. The topological polar surface area (TPSA) is 63.8 Å². The standard InChI is InChI=1S/C23H20F4N4S/c1-13(14-4-6-18(7-5-14)23(25,26)27)19(28)11-30-22-31-12-20(32-22)15-2-3-16-10-29-21(24)9-17(16)8-15/h2-10,12-13,19H,11,28H2,1H3,(H,30,31). The van der Waals surface area contributed by atoms with Crippen molar-refractivity contribution >= 4 is 27.2 Å². The first kappa shape index (κ1) is 22.2. The number of aromatic nitrogens is 2. The van der Waals surface area contributed by atoms with Crippen molar-refractivity contribution in [2.45, 2.75) is 25.1 Å². The smallest absolute Gasteiger partial charge is 0.360 e. The van der Waals surface area contributed by atoms with Gasteiger partial charge in [0.25, 0.3) is 0 Å². The number of pyridine rings is 1. The highest BCUT2D eigenvalue weighted by Crippen LogP contribution is 2.32. The van der Waals surface area contributed by atoms with Gasteiger partial charge in [-0.25, -0.2) is 9.97 Å². The Labute approximate surface area is 186 Å². The number of anilines is 1. The maximum atomic E-state index is 13.4. The molecule has 2 aromatic carbocycles. The van der Waals surface area contributed by atoms with Crippen LogP contribution in [0.4, 0.5) is 22.7 Å². The number of nitrogens with one attached hydrogen (secondary N) is 1. The predicted molar refractivity (Wildman–Crippen MR) is 119 cm³/mol. The molecule has 2 atom stereocenters. The molecule has 0 amide bonds. The molecule has 0 spiro atoms. The summed E-state index contributed by atoms with van der Waals surface area (Å²) in [6.07, 6.45) is -1.13. The van der Waals surface area contributed by atoms with Crippen LogP contribution in [0.2, 0.25) is 0 Å². The van der Waals surface area contributed by atoms with Gasteiger partial charge in [0.05, 0.1) is 10.4 Å². The van der Waals surface area contributed by atoms with Crippen molar-refractivity contribution in [3.05, 3.63) is 78.0 Å². The number of benzene rings is 2. The van der Waals surface area contributed by atoms with E-state index in [1.54, 1.807) is 6.20 Å². The van der Waals surface area contributed by atoms with Crippen molar-refractivity contribution in [1.82, 2.24) is 9.97 Å². The summed E-state index contributed by atoms with van der Waals surface area (Å²) in [5, 5.41) is 5.48. The van der Waals surface area contributed by atoms with Crippen LogP contribution < -0.4 is 11.1 Å². The summed E-state index contributed by atoms with van der Waals surface area (Å²) in [6, 6.07) is 11.8. The summed E-state index contributed by atoms with van der Waals surface area (Å²) in [4.78, 5) is 8.94. The Balaban J connectivity index is 1.40. The molecule has 0 aliphatic heterocycles. The number of nitrogens with zero attached hydrogens (tertiary/aromatic N) is 2. The largest absolute Gasteiger partial charge is 0.416 e. The Morgan fingerprint density at radius 3 is 2.47 bits per heavy atom. The number of hydrogen-bond acceptors (Lipinski definition) is 5. The molecule has 0 saturated heterocycles. The first-order valence-corrected chi connectivity index (χ1v) is 10.7. The maximum absolute atomic E-state index is 13.4. The molecule has 2 unspecified atom stereocenters. The second-order valence-electron chi connectivity index (χ2n) is 7.55. The van der Waals surface area contributed by atoms with E-state index in [0.717, 1.165) is 38.9 Å². The van der Waals surface area contributed by atoms with Crippen LogP contribution in [-0.2, 0) is 6.18 Å². The van der Waals surface area contributed by atoms with Gasteiger partial charge in [-0.05, 0) is 40.6 Å². The second kappa shape index (κ2) is 8.84. The zero-order valence-corrected chi connectivity index (χ0v) is 17.8. The molecule has 0 aliphatic carbocycles. The molecular formula is C23H20F4N4S. The summed E-state index contributed by atoms with van der Waals surface area (Å²) in [7, 11) is 0. The van der Waals surface area contributed by atoms with E-state index in [0.29, 0.717) is 11.7 Å². The molecule has 2 aromatic heterocycles. The molecule has 4 nitrogen and oxygen atoms in total. The van der Waals surface area contributed by atoms with E-state index < -0.39 is 17.7 Å². The summed E-state index contributed by atoms with van der Waals surface area (Å²) >= 11 is 1.44. The zero-order valence-electron chi connectivity index (χ0n) is 17.0.